The van der Waals surface area contributed by atoms with Gasteiger partial charge in [-0.2, -0.15) is 4.31 Å². The predicted octanol–water partition coefficient (Wildman–Crippen LogP) is 2.74. The Hall–Kier alpha value is -3.50. The quantitative estimate of drug-likeness (QED) is 0.520. The van der Waals surface area contributed by atoms with Crippen LogP contribution >= 0.6 is 0 Å². The van der Waals surface area contributed by atoms with E-state index in [1.165, 1.54) is 22.5 Å². The van der Waals surface area contributed by atoms with Gasteiger partial charge >= 0.3 is 5.97 Å². The molecule has 0 saturated carbocycles. The molecule has 34 heavy (non-hydrogen) atoms. The van der Waals surface area contributed by atoms with Gasteiger partial charge in [0.25, 0.3) is 0 Å². The van der Waals surface area contributed by atoms with Crippen LogP contribution in [-0.4, -0.2) is 49.3 Å². The van der Waals surface area contributed by atoms with E-state index in [2.05, 4.69) is 10.3 Å². The van der Waals surface area contributed by atoms with Crippen molar-refractivity contribution in [2.24, 2.45) is 5.92 Å². The first-order chi connectivity index (χ1) is 16.3. The minimum Gasteiger partial charge on any atom is -0.462 e. The number of aromatic amines is 1. The summed E-state index contributed by atoms with van der Waals surface area (Å²) in [4.78, 5) is 38.9. The monoisotopic (exact) mass is 483 g/mol. The van der Waals surface area contributed by atoms with Gasteiger partial charge < -0.3 is 15.0 Å². The van der Waals surface area contributed by atoms with Crippen molar-refractivity contribution < 1.29 is 22.7 Å². The van der Waals surface area contributed by atoms with Crippen LogP contribution in [0.25, 0.3) is 10.9 Å². The van der Waals surface area contributed by atoms with Crippen LogP contribution < -0.4 is 10.9 Å². The average molecular weight is 484 g/mol. The standard InChI is InChI=1S/C24H25N3O6S/c1-2-33-24(30)18-4-3-5-19(14-18)25-23(29)16-10-12-27(13-11-16)34(31,32)20-7-8-21-17(15-20)6-9-22(28)26-21/h3-9,14-16H,2,10-13H2,1H3,(H,25,29)(H,26,28). The number of fused-ring (bicyclic) bond motifs is 1. The Kier molecular flexibility index (Phi) is 6.80. The summed E-state index contributed by atoms with van der Waals surface area (Å²) in [7, 11) is -3.73. The van der Waals surface area contributed by atoms with E-state index in [4.69, 9.17) is 4.74 Å². The van der Waals surface area contributed by atoms with Crippen molar-refractivity contribution in [2.75, 3.05) is 25.0 Å². The molecule has 1 aromatic heterocycles. The molecule has 1 aliphatic rings. The van der Waals surface area contributed by atoms with E-state index in [-0.39, 0.29) is 42.0 Å². The molecule has 1 aliphatic heterocycles. The number of anilines is 1. The highest BCUT2D eigenvalue weighted by molar-refractivity contribution is 7.89. The number of hydrogen-bond donors (Lipinski definition) is 2. The number of hydrogen-bond acceptors (Lipinski definition) is 6. The molecule has 0 unspecified atom stereocenters. The van der Waals surface area contributed by atoms with Crippen molar-refractivity contribution in [2.45, 2.75) is 24.7 Å². The zero-order valence-corrected chi connectivity index (χ0v) is 19.4. The van der Waals surface area contributed by atoms with Gasteiger partial charge in [-0.15, -0.1) is 0 Å². The molecule has 1 amide bonds. The summed E-state index contributed by atoms with van der Waals surface area (Å²) in [6.45, 7) is 2.41. The molecule has 0 spiro atoms. The molecule has 9 nitrogen and oxygen atoms in total. The zero-order valence-electron chi connectivity index (χ0n) is 18.6. The second-order valence-corrected chi connectivity index (χ2v) is 9.98. The van der Waals surface area contributed by atoms with Crippen molar-refractivity contribution in [1.29, 1.82) is 0 Å². The SMILES string of the molecule is CCOC(=O)c1cccc(NC(=O)C2CCN(S(=O)(=O)c3ccc4[nH]c(=O)ccc4c3)CC2)c1. The number of piperidine rings is 1. The summed E-state index contributed by atoms with van der Waals surface area (Å²) < 4.78 is 32.6. The highest BCUT2D eigenvalue weighted by atomic mass is 32.2. The molecule has 0 radical (unpaired) electrons. The molecule has 4 rings (SSSR count). The van der Waals surface area contributed by atoms with Gasteiger partial charge in [0.2, 0.25) is 21.5 Å². The highest BCUT2D eigenvalue weighted by Crippen LogP contribution is 2.26. The third-order valence-electron chi connectivity index (χ3n) is 5.80. The fourth-order valence-corrected chi connectivity index (χ4v) is 5.49. The summed E-state index contributed by atoms with van der Waals surface area (Å²) in [5.74, 6) is -1.02. The second kappa shape index (κ2) is 9.78. The van der Waals surface area contributed by atoms with Gasteiger partial charge in [0.05, 0.1) is 17.1 Å². The van der Waals surface area contributed by atoms with Crippen molar-refractivity contribution in [1.82, 2.24) is 9.29 Å². The minimum atomic E-state index is -3.73. The number of esters is 1. The molecule has 2 N–H and O–H groups in total. The Morgan fingerprint density at radius 3 is 2.59 bits per heavy atom. The zero-order chi connectivity index (χ0) is 24.3. The number of pyridine rings is 1. The Morgan fingerprint density at radius 2 is 1.85 bits per heavy atom. The minimum absolute atomic E-state index is 0.144. The molecule has 3 aromatic rings. The van der Waals surface area contributed by atoms with Crippen molar-refractivity contribution in [3.8, 4) is 0 Å². The van der Waals surface area contributed by atoms with Gasteiger partial charge in [0.15, 0.2) is 0 Å². The van der Waals surface area contributed by atoms with E-state index in [0.29, 0.717) is 35.0 Å². The van der Waals surface area contributed by atoms with Crippen LogP contribution in [0.2, 0.25) is 0 Å². The number of benzene rings is 2. The average Bonchev–Trinajstić information content (AvgIpc) is 2.84. The first-order valence-electron chi connectivity index (χ1n) is 11.0. The molecular formula is C24H25N3O6S. The molecular weight excluding hydrogens is 458 g/mol. The summed E-state index contributed by atoms with van der Waals surface area (Å²) >= 11 is 0. The van der Waals surface area contributed by atoms with Gasteiger partial charge in [0, 0.05) is 36.3 Å². The van der Waals surface area contributed by atoms with Crippen LogP contribution in [0.15, 0.2) is 64.3 Å². The van der Waals surface area contributed by atoms with Crippen LogP contribution in [0, 0.1) is 5.92 Å². The maximum atomic E-state index is 13.1. The van der Waals surface area contributed by atoms with E-state index >= 15 is 0 Å². The molecule has 2 heterocycles. The lowest BCUT2D eigenvalue weighted by molar-refractivity contribution is -0.120. The van der Waals surface area contributed by atoms with Crippen LogP contribution in [0.5, 0.6) is 0 Å². The molecule has 0 bridgehead atoms. The van der Waals surface area contributed by atoms with Crippen LogP contribution in [0.1, 0.15) is 30.1 Å². The topological polar surface area (TPSA) is 126 Å². The van der Waals surface area contributed by atoms with Crippen molar-refractivity contribution >= 4 is 38.5 Å². The Morgan fingerprint density at radius 1 is 1.09 bits per heavy atom. The Balaban J connectivity index is 1.40. The van der Waals surface area contributed by atoms with Crippen molar-refractivity contribution in [3.05, 3.63) is 70.5 Å². The Labute approximate surface area is 196 Å². The number of nitrogens with zero attached hydrogens (tertiary/aromatic N) is 1. The molecule has 10 heteroatoms. The van der Waals surface area contributed by atoms with Crippen LogP contribution in [-0.2, 0) is 19.6 Å². The number of sulfonamides is 1. The molecule has 178 valence electrons. The molecule has 1 saturated heterocycles. The summed E-state index contributed by atoms with van der Waals surface area (Å²) in [6.07, 6.45) is 0.757. The number of amides is 1. The van der Waals surface area contributed by atoms with Crippen LogP contribution in [0.3, 0.4) is 0 Å². The van der Waals surface area contributed by atoms with Crippen molar-refractivity contribution in [3.63, 3.8) is 0 Å². The molecule has 0 atom stereocenters. The van der Waals surface area contributed by atoms with Gasteiger partial charge in [-0.1, -0.05) is 6.07 Å². The number of carbonyl (C=O) groups excluding carboxylic acids is 2. The van der Waals surface area contributed by atoms with Crippen LogP contribution in [0.4, 0.5) is 5.69 Å². The smallest absolute Gasteiger partial charge is 0.338 e. The van der Waals surface area contributed by atoms with E-state index in [9.17, 15) is 22.8 Å². The summed E-state index contributed by atoms with van der Waals surface area (Å²) in [6, 6.07) is 14.0. The lowest BCUT2D eigenvalue weighted by Gasteiger charge is -2.30. The van der Waals surface area contributed by atoms with Gasteiger partial charge in [-0.05, 0) is 67.6 Å². The third kappa shape index (κ3) is 5.02. The molecule has 1 fully saturated rings. The molecule has 2 aromatic carbocycles. The van der Waals surface area contributed by atoms with Gasteiger partial charge in [0.1, 0.15) is 0 Å². The van der Waals surface area contributed by atoms with Gasteiger partial charge in [-0.25, -0.2) is 13.2 Å². The number of carbonyl (C=O) groups is 2. The number of H-pyrrole nitrogens is 1. The first-order valence-corrected chi connectivity index (χ1v) is 12.4. The summed E-state index contributed by atoms with van der Waals surface area (Å²) in [5.41, 5.74) is 1.14. The highest BCUT2D eigenvalue weighted by Gasteiger charge is 2.32. The Bertz CT molecular complexity index is 1390. The number of ether oxygens (including phenoxy) is 1. The van der Waals surface area contributed by atoms with Gasteiger partial charge in [-0.3, -0.25) is 9.59 Å². The van der Waals surface area contributed by atoms with E-state index in [1.807, 2.05) is 0 Å². The lowest BCUT2D eigenvalue weighted by Crippen LogP contribution is -2.41. The fourth-order valence-electron chi connectivity index (χ4n) is 3.98. The summed E-state index contributed by atoms with van der Waals surface area (Å²) in [5, 5.41) is 3.44. The second-order valence-electron chi connectivity index (χ2n) is 8.04. The van der Waals surface area contributed by atoms with E-state index in [0.717, 1.165) is 0 Å². The lowest BCUT2D eigenvalue weighted by atomic mass is 9.97. The predicted molar refractivity (Wildman–Crippen MR) is 127 cm³/mol. The van der Waals surface area contributed by atoms with E-state index < -0.39 is 16.0 Å². The normalized spacial score (nSPS) is 15.2. The number of rotatable bonds is 6. The van der Waals surface area contributed by atoms with E-state index in [1.54, 1.807) is 43.3 Å². The maximum Gasteiger partial charge on any atom is 0.338 e. The largest absolute Gasteiger partial charge is 0.462 e. The maximum absolute atomic E-state index is 13.1. The first kappa shape index (κ1) is 23.7. The molecule has 0 aliphatic carbocycles. The fraction of sp³-hybridized carbons (Fsp3) is 0.292. The number of nitrogens with one attached hydrogen (secondary N) is 2. The number of aromatic nitrogens is 1. The third-order valence-corrected chi connectivity index (χ3v) is 7.69.